The molecule has 0 aliphatic heterocycles. The average molecular weight is 286 g/mol. The van der Waals surface area contributed by atoms with E-state index < -0.39 is 30.7 Å². The van der Waals surface area contributed by atoms with E-state index in [4.69, 9.17) is 5.11 Å². The molecule has 7 heteroatoms. The quantitative estimate of drug-likeness (QED) is 0.616. The fourth-order valence-corrected chi connectivity index (χ4v) is 3.01. The van der Waals surface area contributed by atoms with E-state index in [1.807, 2.05) is 12.2 Å². The van der Waals surface area contributed by atoms with E-state index in [2.05, 4.69) is 0 Å². The number of rotatable bonds is 4. The van der Waals surface area contributed by atoms with Crippen LogP contribution in [0.25, 0.3) is 0 Å². The second-order valence-electron chi connectivity index (χ2n) is 5.41. The number of alkyl halides is 5. The molecule has 2 N–H and O–H groups in total. The fraction of sp³-hybridized carbons (Fsp3) is 0.833. The van der Waals surface area contributed by atoms with Crippen LogP contribution in [0.15, 0.2) is 12.2 Å². The van der Waals surface area contributed by atoms with Crippen LogP contribution >= 0.6 is 0 Å². The Labute approximate surface area is 106 Å². The molecule has 1 saturated carbocycles. The number of allylic oxidation sites excluding steroid dienone is 2. The molecule has 19 heavy (non-hydrogen) atoms. The molecule has 2 aliphatic carbocycles. The zero-order valence-corrected chi connectivity index (χ0v) is 9.95. The molecule has 0 saturated heterocycles. The minimum Gasteiger partial charge on any atom is -0.387 e. The highest BCUT2D eigenvalue weighted by molar-refractivity contribution is 5.10. The lowest BCUT2D eigenvalue weighted by Gasteiger charge is -2.31. The largest absolute Gasteiger partial charge is 0.420 e. The van der Waals surface area contributed by atoms with Crippen LogP contribution in [0.3, 0.4) is 0 Å². The molecule has 0 aromatic rings. The number of aliphatic hydroxyl groups is 2. The highest BCUT2D eigenvalue weighted by Crippen LogP contribution is 2.47. The van der Waals surface area contributed by atoms with Crippen molar-refractivity contribution < 1.29 is 32.2 Å². The lowest BCUT2D eigenvalue weighted by molar-refractivity contribution is -0.292. The van der Waals surface area contributed by atoms with Crippen LogP contribution in [-0.2, 0) is 0 Å². The van der Waals surface area contributed by atoms with Crippen molar-refractivity contribution in [3.05, 3.63) is 12.2 Å². The number of hydrogen-bond acceptors (Lipinski definition) is 2. The molecule has 0 amide bonds. The van der Waals surface area contributed by atoms with Crippen molar-refractivity contribution in [2.45, 2.75) is 43.6 Å². The highest BCUT2D eigenvalue weighted by atomic mass is 19.4. The number of fused-ring (bicyclic) bond motifs is 2. The van der Waals surface area contributed by atoms with Crippen LogP contribution in [0, 0.1) is 17.8 Å². The first kappa shape index (κ1) is 14.7. The summed E-state index contributed by atoms with van der Waals surface area (Å²) in [6.45, 7) is 0. The van der Waals surface area contributed by atoms with Gasteiger partial charge in [0.15, 0.2) is 0 Å². The van der Waals surface area contributed by atoms with Crippen LogP contribution in [0.2, 0.25) is 0 Å². The summed E-state index contributed by atoms with van der Waals surface area (Å²) in [5.74, 6) is -4.48. The molecule has 0 heterocycles. The van der Waals surface area contributed by atoms with E-state index in [1.54, 1.807) is 0 Å². The predicted molar refractivity (Wildman–Crippen MR) is 56.5 cm³/mol. The van der Waals surface area contributed by atoms with Crippen molar-refractivity contribution in [3.8, 4) is 0 Å². The van der Waals surface area contributed by atoms with Crippen LogP contribution in [-0.4, -0.2) is 34.5 Å². The molecular formula is C12H15F5O2. The summed E-state index contributed by atoms with van der Waals surface area (Å²) in [7, 11) is 0. The molecular weight excluding hydrogens is 271 g/mol. The predicted octanol–water partition coefficient (Wildman–Crippen LogP) is 2.51. The Hall–Kier alpha value is -0.690. The Morgan fingerprint density at radius 1 is 1.05 bits per heavy atom. The summed E-state index contributed by atoms with van der Waals surface area (Å²) in [6.07, 6.45) is -6.93. The maximum absolute atomic E-state index is 13.4. The number of halogens is 5. The second kappa shape index (κ2) is 4.70. The lowest BCUT2D eigenvalue weighted by Crippen LogP contribution is -2.52. The van der Waals surface area contributed by atoms with E-state index in [-0.39, 0.29) is 17.8 Å². The first-order valence-corrected chi connectivity index (χ1v) is 6.11. The van der Waals surface area contributed by atoms with Gasteiger partial charge in [-0.1, -0.05) is 12.2 Å². The molecule has 2 bridgehead atoms. The molecule has 110 valence electrons. The van der Waals surface area contributed by atoms with E-state index in [1.165, 1.54) is 0 Å². The third-order valence-electron chi connectivity index (χ3n) is 4.06. The average Bonchev–Trinajstić information content (AvgIpc) is 2.88. The molecule has 5 unspecified atom stereocenters. The van der Waals surface area contributed by atoms with Crippen LogP contribution in [0.1, 0.15) is 19.3 Å². The van der Waals surface area contributed by atoms with Gasteiger partial charge < -0.3 is 10.2 Å². The first-order chi connectivity index (χ1) is 8.62. The van der Waals surface area contributed by atoms with E-state index >= 15 is 0 Å². The van der Waals surface area contributed by atoms with Crippen LogP contribution in [0.4, 0.5) is 22.0 Å². The normalized spacial score (nSPS) is 33.7. The fourth-order valence-electron chi connectivity index (χ4n) is 3.01. The smallest absolute Gasteiger partial charge is 0.387 e. The Morgan fingerprint density at radius 2 is 1.68 bits per heavy atom. The van der Waals surface area contributed by atoms with Crippen molar-refractivity contribution in [1.82, 2.24) is 0 Å². The van der Waals surface area contributed by atoms with Gasteiger partial charge in [0.05, 0.1) is 0 Å². The van der Waals surface area contributed by atoms with Crippen molar-refractivity contribution in [1.29, 1.82) is 0 Å². The van der Waals surface area contributed by atoms with Crippen molar-refractivity contribution in [2.24, 2.45) is 17.8 Å². The monoisotopic (exact) mass is 286 g/mol. The third kappa shape index (κ3) is 2.76. The standard InChI is InChI=1S/C12H15F5O2/c13-11(14,10(19)12(15,16)17)9(18)5-8-4-6-1-2-7(8)3-6/h1-2,6-10,18-19H,3-5H2. The van der Waals surface area contributed by atoms with Crippen LogP contribution in [0.5, 0.6) is 0 Å². The van der Waals surface area contributed by atoms with E-state index in [9.17, 15) is 27.1 Å². The third-order valence-corrected chi connectivity index (χ3v) is 4.06. The Kier molecular flexibility index (Phi) is 3.64. The second-order valence-corrected chi connectivity index (χ2v) is 5.41. The lowest BCUT2D eigenvalue weighted by atomic mass is 9.86. The van der Waals surface area contributed by atoms with Gasteiger partial charge in [-0.25, -0.2) is 8.78 Å². The molecule has 0 spiro atoms. The van der Waals surface area contributed by atoms with Gasteiger partial charge in [0, 0.05) is 0 Å². The van der Waals surface area contributed by atoms with Gasteiger partial charge in [0.25, 0.3) is 0 Å². The molecule has 2 rings (SSSR count). The van der Waals surface area contributed by atoms with Crippen LogP contribution < -0.4 is 0 Å². The van der Waals surface area contributed by atoms with Gasteiger partial charge in [-0.05, 0) is 37.0 Å². The molecule has 2 nitrogen and oxygen atoms in total. The van der Waals surface area contributed by atoms with E-state index in [0.29, 0.717) is 6.42 Å². The SMILES string of the molecule is OC(CC1CC2C=CC1C2)C(F)(F)C(O)C(F)(F)F. The minimum atomic E-state index is -5.45. The maximum atomic E-state index is 13.4. The molecule has 1 fully saturated rings. The van der Waals surface area contributed by atoms with Gasteiger partial charge in [-0.15, -0.1) is 0 Å². The summed E-state index contributed by atoms with van der Waals surface area (Å²) < 4.78 is 63.1. The zero-order valence-electron chi connectivity index (χ0n) is 9.95. The Morgan fingerprint density at radius 3 is 2.11 bits per heavy atom. The van der Waals surface area contributed by atoms with Gasteiger partial charge in [-0.2, -0.15) is 13.2 Å². The number of aliphatic hydroxyl groups excluding tert-OH is 2. The first-order valence-electron chi connectivity index (χ1n) is 6.11. The number of hydrogen-bond donors (Lipinski definition) is 2. The Bertz CT molecular complexity index is 366. The van der Waals surface area contributed by atoms with Crippen molar-refractivity contribution >= 4 is 0 Å². The topological polar surface area (TPSA) is 40.5 Å². The van der Waals surface area contributed by atoms with Gasteiger partial charge in [-0.3, -0.25) is 0 Å². The summed E-state index contributed by atoms with van der Waals surface area (Å²) in [4.78, 5) is 0. The summed E-state index contributed by atoms with van der Waals surface area (Å²) >= 11 is 0. The highest BCUT2D eigenvalue weighted by Gasteiger charge is 2.59. The van der Waals surface area contributed by atoms with Crippen molar-refractivity contribution in [2.75, 3.05) is 0 Å². The molecule has 0 aromatic heterocycles. The summed E-state index contributed by atoms with van der Waals surface area (Å²) in [6, 6.07) is 0. The molecule has 0 aromatic carbocycles. The molecule has 2 aliphatic rings. The van der Waals surface area contributed by atoms with Gasteiger partial charge >= 0.3 is 12.1 Å². The summed E-state index contributed by atoms with van der Waals surface area (Å²) in [5, 5.41) is 18.0. The molecule has 5 atom stereocenters. The Balaban J connectivity index is 1.99. The minimum absolute atomic E-state index is 0.0541. The zero-order chi connectivity index (χ0) is 14.4. The molecule has 0 radical (unpaired) electrons. The van der Waals surface area contributed by atoms with Gasteiger partial charge in [0.1, 0.15) is 6.10 Å². The van der Waals surface area contributed by atoms with Crippen molar-refractivity contribution in [3.63, 3.8) is 0 Å². The van der Waals surface area contributed by atoms with Gasteiger partial charge in [0.2, 0.25) is 6.10 Å². The summed E-state index contributed by atoms with van der Waals surface area (Å²) in [5.41, 5.74) is 0. The van der Waals surface area contributed by atoms with E-state index in [0.717, 1.165) is 6.42 Å². The maximum Gasteiger partial charge on any atom is 0.420 e.